The van der Waals surface area contributed by atoms with Crippen LogP contribution in [-0.4, -0.2) is 23.8 Å². The van der Waals surface area contributed by atoms with Crippen molar-refractivity contribution in [1.29, 1.82) is 0 Å². The van der Waals surface area contributed by atoms with E-state index >= 15 is 0 Å². The molecule has 31 heavy (non-hydrogen) atoms. The van der Waals surface area contributed by atoms with Crippen LogP contribution in [0.15, 0.2) is 83.9 Å². The average Bonchev–Trinajstić information content (AvgIpc) is 2.74. The molecule has 0 amide bonds. The number of hydrogen-bond donors (Lipinski definition) is 0. The number of ketones is 1. The number of Topliss-reactive ketones (excluding diaryl/α,β-unsaturated/α-hetero) is 1. The van der Waals surface area contributed by atoms with Crippen LogP contribution in [0.2, 0.25) is 0 Å². The van der Waals surface area contributed by atoms with Crippen molar-refractivity contribution in [2.24, 2.45) is 0 Å². The topological polar surface area (TPSA) is 20.3 Å². The average molecular weight is 408 g/mol. The predicted molar refractivity (Wildman–Crippen MR) is 130 cm³/mol. The van der Waals surface area contributed by atoms with Gasteiger partial charge >= 0.3 is 0 Å². The second-order valence-corrected chi connectivity index (χ2v) is 8.62. The Morgan fingerprint density at radius 3 is 1.71 bits per heavy atom. The van der Waals surface area contributed by atoms with Crippen molar-refractivity contribution in [3.05, 3.63) is 117 Å². The Kier molecular flexibility index (Phi) is 6.29. The first-order valence-corrected chi connectivity index (χ1v) is 10.8. The molecule has 0 aliphatic carbocycles. The van der Waals surface area contributed by atoms with Crippen LogP contribution < -0.4 is 0 Å². The maximum atomic E-state index is 13.4. The third-order valence-corrected chi connectivity index (χ3v) is 5.70. The second kappa shape index (κ2) is 9.28. The first-order chi connectivity index (χ1) is 15.0. The number of aryl methyl sites for hydroxylation is 3. The van der Waals surface area contributed by atoms with Crippen LogP contribution in [0.5, 0.6) is 0 Å². The second-order valence-electron chi connectivity index (χ2n) is 8.62. The van der Waals surface area contributed by atoms with E-state index in [2.05, 4.69) is 98.5 Å². The summed E-state index contributed by atoms with van der Waals surface area (Å²) in [7, 11) is 0. The summed E-state index contributed by atoms with van der Waals surface area (Å²) in [4.78, 5) is 15.7. The van der Waals surface area contributed by atoms with Gasteiger partial charge in [-0.05, 0) is 49.6 Å². The van der Waals surface area contributed by atoms with Gasteiger partial charge in [-0.15, -0.1) is 0 Å². The molecule has 2 heteroatoms. The van der Waals surface area contributed by atoms with Gasteiger partial charge in [-0.1, -0.05) is 89.5 Å². The van der Waals surface area contributed by atoms with Gasteiger partial charge in [0.15, 0.2) is 5.78 Å². The zero-order valence-corrected chi connectivity index (χ0v) is 18.6. The van der Waals surface area contributed by atoms with Crippen LogP contribution in [0.25, 0.3) is 12.2 Å². The molecular formula is C29H29NO. The zero-order chi connectivity index (χ0) is 21.8. The molecule has 2 nitrogen and oxygen atoms in total. The van der Waals surface area contributed by atoms with Gasteiger partial charge in [-0.25, -0.2) is 0 Å². The van der Waals surface area contributed by atoms with E-state index in [0.29, 0.717) is 13.1 Å². The largest absolute Gasteiger partial charge is 0.290 e. The lowest BCUT2D eigenvalue weighted by atomic mass is 9.93. The predicted octanol–water partition coefficient (Wildman–Crippen LogP) is 6.16. The maximum Gasteiger partial charge on any atom is 0.187 e. The minimum atomic E-state index is 0.154. The smallest absolute Gasteiger partial charge is 0.187 e. The molecule has 0 radical (unpaired) electrons. The van der Waals surface area contributed by atoms with Gasteiger partial charge in [0, 0.05) is 30.8 Å². The summed E-state index contributed by atoms with van der Waals surface area (Å²) in [5.74, 6) is 0.154. The SMILES string of the molecule is Cc1ccc(/C=C2\CN(Cc3cccc(C)c3)C/C(=C\c3ccc(C)cc3)C2=O)cc1. The molecule has 1 fully saturated rings. The van der Waals surface area contributed by atoms with Gasteiger partial charge in [0.2, 0.25) is 0 Å². The summed E-state index contributed by atoms with van der Waals surface area (Å²) in [5.41, 5.74) is 8.82. The minimum Gasteiger partial charge on any atom is -0.290 e. The molecule has 0 unspecified atom stereocenters. The molecule has 3 aromatic carbocycles. The first kappa shape index (κ1) is 21.0. The van der Waals surface area contributed by atoms with Crippen molar-refractivity contribution < 1.29 is 4.79 Å². The standard InChI is InChI=1S/C29H29NO/c1-21-7-11-24(12-8-21)16-27-19-30(18-26-6-4-5-23(3)15-26)20-28(29(27)31)17-25-13-9-22(2)10-14-25/h4-17H,18-20H2,1-3H3/b27-16+,28-17+. The molecule has 0 saturated carbocycles. The van der Waals surface area contributed by atoms with E-state index in [4.69, 9.17) is 0 Å². The Balaban J connectivity index is 1.67. The molecule has 1 saturated heterocycles. The van der Waals surface area contributed by atoms with Gasteiger partial charge in [0.05, 0.1) is 0 Å². The molecule has 0 aromatic heterocycles. The van der Waals surface area contributed by atoms with Gasteiger partial charge in [-0.2, -0.15) is 0 Å². The lowest BCUT2D eigenvalue weighted by Crippen LogP contribution is -2.37. The fourth-order valence-electron chi connectivity index (χ4n) is 4.02. The number of rotatable bonds is 4. The molecule has 156 valence electrons. The number of carbonyl (C=O) groups excluding carboxylic acids is 1. The van der Waals surface area contributed by atoms with E-state index in [1.54, 1.807) is 0 Å². The van der Waals surface area contributed by atoms with Gasteiger partial charge in [0.1, 0.15) is 0 Å². The lowest BCUT2D eigenvalue weighted by molar-refractivity contribution is -0.113. The summed E-state index contributed by atoms with van der Waals surface area (Å²) in [5, 5.41) is 0. The highest BCUT2D eigenvalue weighted by Gasteiger charge is 2.26. The van der Waals surface area contributed by atoms with Crippen molar-refractivity contribution in [2.45, 2.75) is 27.3 Å². The maximum absolute atomic E-state index is 13.4. The van der Waals surface area contributed by atoms with Crippen molar-refractivity contribution >= 4 is 17.9 Å². The number of hydrogen-bond acceptors (Lipinski definition) is 2. The summed E-state index contributed by atoms with van der Waals surface area (Å²) in [6.07, 6.45) is 4.10. The third kappa shape index (κ3) is 5.48. The first-order valence-electron chi connectivity index (χ1n) is 10.8. The highest BCUT2D eigenvalue weighted by atomic mass is 16.1. The fraction of sp³-hybridized carbons (Fsp3) is 0.207. The van der Waals surface area contributed by atoms with Gasteiger partial charge < -0.3 is 0 Å². The van der Waals surface area contributed by atoms with Crippen molar-refractivity contribution in [2.75, 3.05) is 13.1 Å². The zero-order valence-electron chi connectivity index (χ0n) is 18.6. The Morgan fingerprint density at radius 1 is 0.710 bits per heavy atom. The Morgan fingerprint density at radius 2 is 1.23 bits per heavy atom. The summed E-state index contributed by atoms with van der Waals surface area (Å²) >= 11 is 0. The molecule has 1 heterocycles. The Hall–Kier alpha value is -3.23. The molecule has 3 aromatic rings. The van der Waals surface area contributed by atoms with Crippen molar-refractivity contribution in [3.8, 4) is 0 Å². The molecular weight excluding hydrogens is 378 g/mol. The van der Waals surface area contributed by atoms with E-state index in [1.165, 1.54) is 22.3 Å². The number of nitrogens with zero attached hydrogens (tertiary/aromatic N) is 1. The normalized spacial score (nSPS) is 17.5. The van der Waals surface area contributed by atoms with Crippen molar-refractivity contribution in [3.63, 3.8) is 0 Å². The van der Waals surface area contributed by atoms with Crippen LogP contribution in [0.4, 0.5) is 0 Å². The van der Waals surface area contributed by atoms with E-state index in [-0.39, 0.29) is 5.78 Å². The fourth-order valence-corrected chi connectivity index (χ4v) is 4.02. The minimum absolute atomic E-state index is 0.154. The molecule has 4 rings (SSSR count). The molecule has 0 spiro atoms. The van der Waals surface area contributed by atoms with Crippen LogP contribution in [0, 0.1) is 20.8 Å². The van der Waals surface area contributed by atoms with E-state index in [9.17, 15) is 4.79 Å². The quantitative estimate of drug-likeness (QED) is 0.483. The third-order valence-electron chi connectivity index (χ3n) is 5.70. The van der Waals surface area contributed by atoms with Crippen LogP contribution >= 0.6 is 0 Å². The number of benzene rings is 3. The molecule has 0 atom stereocenters. The van der Waals surface area contributed by atoms with Crippen LogP contribution in [-0.2, 0) is 11.3 Å². The number of carbonyl (C=O) groups is 1. The van der Waals surface area contributed by atoms with E-state index < -0.39 is 0 Å². The highest BCUT2D eigenvalue weighted by molar-refractivity contribution is 6.14. The monoisotopic (exact) mass is 407 g/mol. The van der Waals surface area contributed by atoms with E-state index in [1.807, 2.05) is 12.2 Å². The van der Waals surface area contributed by atoms with Crippen molar-refractivity contribution in [1.82, 2.24) is 4.90 Å². The molecule has 0 N–H and O–H groups in total. The Bertz CT molecular complexity index is 1070. The van der Waals surface area contributed by atoms with E-state index in [0.717, 1.165) is 28.8 Å². The van der Waals surface area contributed by atoms with Gasteiger partial charge in [0.25, 0.3) is 0 Å². The van der Waals surface area contributed by atoms with Gasteiger partial charge in [-0.3, -0.25) is 9.69 Å². The number of likely N-dealkylation sites (tertiary alicyclic amines) is 1. The summed E-state index contributed by atoms with van der Waals surface area (Å²) in [6, 6.07) is 25.3. The molecule has 0 bridgehead atoms. The summed E-state index contributed by atoms with van der Waals surface area (Å²) in [6.45, 7) is 8.42. The number of piperidine rings is 1. The van der Waals surface area contributed by atoms with Crippen LogP contribution in [0.3, 0.4) is 0 Å². The highest BCUT2D eigenvalue weighted by Crippen LogP contribution is 2.24. The summed E-state index contributed by atoms with van der Waals surface area (Å²) < 4.78 is 0. The molecule has 1 aliphatic heterocycles. The van der Waals surface area contributed by atoms with Crippen LogP contribution in [0.1, 0.15) is 33.4 Å². The lowest BCUT2D eigenvalue weighted by Gasteiger charge is -2.30. The Labute approximate surface area is 185 Å². The molecule has 1 aliphatic rings.